The maximum absolute atomic E-state index is 13.2. The molecule has 3 aromatic carbocycles. The summed E-state index contributed by atoms with van der Waals surface area (Å²) in [5, 5.41) is 10.8. The molecule has 4 rings (SSSR count). The second-order valence-corrected chi connectivity index (χ2v) is 6.59. The van der Waals surface area contributed by atoms with Crippen LogP contribution in [0.15, 0.2) is 90.5 Å². The Balaban J connectivity index is 1.79. The van der Waals surface area contributed by atoms with Gasteiger partial charge in [-0.05, 0) is 41.5 Å². The van der Waals surface area contributed by atoms with Crippen molar-refractivity contribution in [2.24, 2.45) is 0 Å². The van der Waals surface area contributed by atoms with Crippen LogP contribution < -0.4 is 4.90 Å². The third kappa shape index (κ3) is 3.43. The summed E-state index contributed by atoms with van der Waals surface area (Å²) < 4.78 is 0. The van der Waals surface area contributed by atoms with Gasteiger partial charge in [0.2, 0.25) is 0 Å². The first-order valence-corrected chi connectivity index (χ1v) is 9.00. The lowest BCUT2D eigenvalue weighted by Gasteiger charge is -2.23. The summed E-state index contributed by atoms with van der Waals surface area (Å²) in [6.07, 6.45) is 1.49. The Morgan fingerprint density at radius 2 is 1.41 bits per heavy atom. The smallest absolute Gasteiger partial charge is 0.269 e. The quantitative estimate of drug-likeness (QED) is 0.290. The van der Waals surface area contributed by atoms with Gasteiger partial charge in [0.1, 0.15) is 6.04 Å². The fourth-order valence-corrected chi connectivity index (χ4v) is 3.40. The number of carbonyl (C=O) groups excluding carboxylic acids is 2. The van der Waals surface area contributed by atoms with E-state index in [1.54, 1.807) is 12.1 Å². The van der Waals surface area contributed by atoms with Crippen LogP contribution in [-0.2, 0) is 9.59 Å². The molecule has 0 bridgehead atoms. The fraction of sp³-hybridized carbons (Fsp3) is 0.0435. The lowest BCUT2D eigenvalue weighted by atomic mass is 10.00. The van der Waals surface area contributed by atoms with Crippen molar-refractivity contribution in [1.82, 2.24) is 0 Å². The number of benzene rings is 3. The second kappa shape index (κ2) is 7.52. The monoisotopic (exact) mass is 384 g/mol. The molecule has 0 radical (unpaired) electrons. The van der Waals surface area contributed by atoms with Crippen LogP contribution in [0.5, 0.6) is 0 Å². The molecule has 1 fully saturated rings. The summed E-state index contributed by atoms with van der Waals surface area (Å²) in [4.78, 5) is 38.3. The molecule has 0 spiro atoms. The zero-order valence-electron chi connectivity index (χ0n) is 15.3. The molecule has 1 amide bonds. The molecule has 29 heavy (non-hydrogen) atoms. The average molecular weight is 384 g/mol. The predicted octanol–water partition coefficient (Wildman–Crippen LogP) is 4.34. The first-order valence-electron chi connectivity index (χ1n) is 9.00. The number of hydrogen-bond acceptors (Lipinski definition) is 4. The Morgan fingerprint density at radius 1 is 0.828 bits per heavy atom. The van der Waals surface area contributed by atoms with Gasteiger partial charge in [-0.25, -0.2) is 0 Å². The highest BCUT2D eigenvalue weighted by molar-refractivity contribution is 6.35. The predicted molar refractivity (Wildman–Crippen MR) is 109 cm³/mol. The van der Waals surface area contributed by atoms with Crippen LogP contribution >= 0.6 is 0 Å². The molecule has 6 heteroatoms. The van der Waals surface area contributed by atoms with E-state index in [1.165, 1.54) is 35.2 Å². The Hall–Kier alpha value is -4.06. The number of carbonyl (C=O) groups is 2. The van der Waals surface area contributed by atoms with Gasteiger partial charge in [0.05, 0.1) is 10.5 Å². The number of ketones is 1. The number of rotatable bonds is 4. The Labute approximate surface area is 166 Å². The van der Waals surface area contributed by atoms with Crippen LogP contribution in [0.1, 0.15) is 17.2 Å². The molecule has 3 aromatic rings. The summed E-state index contributed by atoms with van der Waals surface area (Å²) in [5.74, 6) is -0.697. The van der Waals surface area contributed by atoms with E-state index < -0.39 is 16.9 Å². The molecule has 1 heterocycles. The molecule has 0 saturated carbocycles. The van der Waals surface area contributed by atoms with Gasteiger partial charge in [-0.1, -0.05) is 48.5 Å². The van der Waals surface area contributed by atoms with Crippen LogP contribution in [0, 0.1) is 10.1 Å². The van der Waals surface area contributed by atoms with E-state index in [0.29, 0.717) is 11.3 Å². The minimum atomic E-state index is -0.754. The lowest BCUT2D eigenvalue weighted by molar-refractivity contribution is -0.384. The molecule has 0 aromatic heterocycles. The number of hydrogen-bond donors (Lipinski definition) is 0. The fourth-order valence-electron chi connectivity index (χ4n) is 3.40. The van der Waals surface area contributed by atoms with Gasteiger partial charge in [0.25, 0.3) is 11.6 Å². The van der Waals surface area contributed by atoms with E-state index in [1.807, 2.05) is 48.5 Å². The van der Waals surface area contributed by atoms with Crippen molar-refractivity contribution in [3.63, 3.8) is 0 Å². The number of para-hydroxylation sites is 1. The molecular weight excluding hydrogens is 368 g/mol. The largest absolute Gasteiger partial charge is 0.293 e. The van der Waals surface area contributed by atoms with Crippen LogP contribution in [0.3, 0.4) is 0 Å². The average Bonchev–Trinajstić information content (AvgIpc) is 3.00. The van der Waals surface area contributed by atoms with Crippen molar-refractivity contribution in [3.05, 3.63) is 112 Å². The molecule has 1 saturated heterocycles. The Bertz CT molecular complexity index is 1050. The number of Topliss-reactive ketones (excluding diaryl/α,β-unsaturated/α-hetero) is 1. The van der Waals surface area contributed by atoms with Crippen LogP contribution in [0.2, 0.25) is 0 Å². The number of nitro benzene ring substituents is 1. The second-order valence-electron chi connectivity index (χ2n) is 6.59. The molecule has 0 aliphatic carbocycles. The van der Waals surface area contributed by atoms with Gasteiger partial charge in [0.15, 0.2) is 5.78 Å². The van der Waals surface area contributed by atoms with Gasteiger partial charge < -0.3 is 0 Å². The number of amides is 1. The van der Waals surface area contributed by atoms with E-state index in [0.717, 1.165) is 5.56 Å². The number of nitro groups is 1. The normalized spacial score (nSPS) is 17.7. The van der Waals surface area contributed by atoms with E-state index in [-0.39, 0.29) is 17.0 Å². The van der Waals surface area contributed by atoms with Crippen molar-refractivity contribution >= 4 is 29.1 Å². The minimum absolute atomic E-state index is 0.0516. The molecule has 1 aliphatic rings. The SMILES string of the molecule is O=C1/C(=C/c2ccc([N+](=O)[O-])cc2)C(=O)N(c2ccccc2)C1c1ccccc1. The number of nitrogens with zero attached hydrogens (tertiary/aromatic N) is 2. The van der Waals surface area contributed by atoms with E-state index in [4.69, 9.17) is 0 Å². The number of non-ortho nitro benzene ring substituents is 1. The third-order valence-electron chi connectivity index (χ3n) is 4.79. The highest BCUT2D eigenvalue weighted by atomic mass is 16.6. The van der Waals surface area contributed by atoms with E-state index in [9.17, 15) is 19.7 Å². The van der Waals surface area contributed by atoms with Crippen LogP contribution in [0.25, 0.3) is 6.08 Å². The molecule has 1 atom stereocenters. The summed E-state index contributed by atoms with van der Waals surface area (Å²) in [5.41, 5.74) is 1.91. The zero-order valence-corrected chi connectivity index (χ0v) is 15.3. The van der Waals surface area contributed by atoms with Crippen LogP contribution in [0.4, 0.5) is 11.4 Å². The lowest BCUT2D eigenvalue weighted by Crippen LogP contribution is -2.28. The Kier molecular flexibility index (Phi) is 4.75. The van der Waals surface area contributed by atoms with Gasteiger partial charge in [-0.2, -0.15) is 0 Å². The van der Waals surface area contributed by atoms with Gasteiger partial charge in [-0.3, -0.25) is 24.6 Å². The van der Waals surface area contributed by atoms with Crippen molar-refractivity contribution < 1.29 is 14.5 Å². The number of anilines is 1. The van der Waals surface area contributed by atoms with Gasteiger partial charge >= 0.3 is 0 Å². The molecule has 142 valence electrons. The summed E-state index contributed by atoms with van der Waals surface area (Å²) in [6.45, 7) is 0. The molecular formula is C23H16N2O4. The highest BCUT2D eigenvalue weighted by Crippen LogP contribution is 2.37. The minimum Gasteiger partial charge on any atom is -0.293 e. The zero-order chi connectivity index (χ0) is 20.4. The first kappa shape index (κ1) is 18.3. The van der Waals surface area contributed by atoms with Crippen LogP contribution in [-0.4, -0.2) is 16.6 Å². The van der Waals surface area contributed by atoms with Crippen molar-refractivity contribution in [2.45, 2.75) is 6.04 Å². The molecule has 1 aliphatic heterocycles. The summed E-state index contributed by atoms with van der Waals surface area (Å²) in [6, 6.07) is 23.2. The van der Waals surface area contributed by atoms with Gasteiger partial charge in [0, 0.05) is 17.8 Å². The van der Waals surface area contributed by atoms with E-state index >= 15 is 0 Å². The highest BCUT2D eigenvalue weighted by Gasteiger charge is 2.44. The first-order chi connectivity index (χ1) is 14.1. The van der Waals surface area contributed by atoms with E-state index in [2.05, 4.69) is 0 Å². The van der Waals surface area contributed by atoms with Crippen molar-refractivity contribution in [3.8, 4) is 0 Å². The maximum atomic E-state index is 13.2. The standard InChI is InChI=1S/C23H16N2O4/c26-22-20(15-16-11-13-19(14-12-16)25(28)29)23(27)24(18-9-5-2-6-10-18)21(22)17-7-3-1-4-8-17/h1-15,21H/b20-15-. The molecule has 1 unspecified atom stereocenters. The molecule has 6 nitrogen and oxygen atoms in total. The molecule has 0 N–H and O–H groups in total. The van der Waals surface area contributed by atoms with Gasteiger partial charge in [-0.15, -0.1) is 0 Å². The summed E-state index contributed by atoms with van der Waals surface area (Å²) >= 11 is 0. The third-order valence-corrected chi connectivity index (χ3v) is 4.79. The van der Waals surface area contributed by atoms with Crippen molar-refractivity contribution in [1.29, 1.82) is 0 Å². The maximum Gasteiger partial charge on any atom is 0.269 e. The summed E-state index contributed by atoms with van der Waals surface area (Å²) in [7, 11) is 0. The topological polar surface area (TPSA) is 80.5 Å². The Morgan fingerprint density at radius 3 is 2.00 bits per heavy atom. The van der Waals surface area contributed by atoms with Crippen molar-refractivity contribution in [2.75, 3.05) is 4.90 Å².